The largest absolute Gasteiger partial charge is 0.508 e. The van der Waals surface area contributed by atoms with Gasteiger partial charge in [0.25, 0.3) is 5.91 Å². The van der Waals surface area contributed by atoms with Crippen LogP contribution in [0.2, 0.25) is 0 Å². The van der Waals surface area contributed by atoms with Crippen molar-refractivity contribution in [1.29, 1.82) is 0 Å². The van der Waals surface area contributed by atoms with Crippen LogP contribution >= 0.6 is 0 Å². The van der Waals surface area contributed by atoms with E-state index in [1.807, 2.05) is 25.5 Å². The molecule has 2 N–H and O–H groups in total. The smallest absolute Gasteiger partial charge is 0.254 e. The van der Waals surface area contributed by atoms with Crippen molar-refractivity contribution in [2.45, 2.75) is 40.8 Å². The number of nitrogens with one attached hydrogen (secondary N) is 1. The van der Waals surface area contributed by atoms with Gasteiger partial charge in [0.1, 0.15) is 18.1 Å². The van der Waals surface area contributed by atoms with E-state index in [0.717, 1.165) is 17.8 Å². The lowest BCUT2D eigenvalue weighted by Crippen LogP contribution is -2.27. The molecule has 0 unspecified atom stereocenters. The number of carbonyl (C=O) groups is 2. The van der Waals surface area contributed by atoms with E-state index in [2.05, 4.69) is 15.4 Å². The van der Waals surface area contributed by atoms with E-state index in [-0.39, 0.29) is 17.6 Å². The molecule has 0 radical (unpaired) electrons. The number of aromatic hydroxyl groups is 1. The lowest BCUT2D eigenvalue weighted by Gasteiger charge is -2.19. The summed E-state index contributed by atoms with van der Waals surface area (Å²) in [5, 5.41) is 17.8. The minimum atomic E-state index is -0.206. The SMILES string of the molecule is CCn1ncc(CN(C)C(=O)c2cc(-c3ccc(OCCNC(C)=O)c(C)n3)nc3ccc(O)cc23)c1C. The molecule has 10 nitrogen and oxygen atoms in total. The Labute approximate surface area is 221 Å². The second-order valence-electron chi connectivity index (χ2n) is 9.10. The Morgan fingerprint density at radius 2 is 1.89 bits per heavy atom. The summed E-state index contributed by atoms with van der Waals surface area (Å²) >= 11 is 0. The molecule has 2 amide bonds. The molecular weight excluding hydrogens is 484 g/mol. The molecule has 0 aliphatic carbocycles. The first-order valence-electron chi connectivity index (χ1n) is 12.4. The molecule has 3 aromatic heterocycles. The fraction of sp³-hybridized carbons (Fsp3) is 0.321. The molecule has 0 atom stereocenters. The molecular formula is C28H32N6O4. The monoisotopic (exact) mass is 516 g/mol. The Balaban J connectivity index is 1.65. The highest BCUT2D eigenvalue weighted by atomic mass is 16.5. The maximum atomic E-state index is 13.7. The van der Waals surface area contributed by atoms with E-state index in [1.165, 1.54) is 6.92 Å². The Kier molecular flexibility index (Phi) is 7.90. The number of hydrogen-bond donors (Lipinski definition) is 2. The summed E-state index contributed by atoms with van der Waals surface area (Å²) in [4.78, 5) is 35.7. The van der Waals surface area contributed by atoms with Crippen molar-refractivity contribution in [3.63, 3.8) is 0 Å². The second kappa shape index (κ2) is 11.3. The summed E-state index contributed by atoms with van der Waals surface area (Å²) in [6.07, 6.45) is 1.79. The van der Waals surface area contributed by atoms with E-state index < -0.39 is 0 Å². The number of nitrogens with zero attached hydrogens (tertiary/aromatic N) is 5. The van der Waals surface area contributed by atoms with Crippen molar-refractivity contribution in [2.75, 3.05) is 20.2 Å². The average Bonchev–Trinajstić information content (AvgIpc) is 3.24. The Morgan fingerprint density at radius 1 is 1.11 bits per heavy atom. The van der Waals surface area contributed by atoms with Crippen LogP contribution < -0.4 is 10.1 Å². The lowest BCUT2D eigenvalue weighted by atomic mass is 10.0. The van der Waals surface area contributed by atoms with E-state index in [0.29, 0.717) is 59.0 Å². The van der Waals surface area contributed by atoms with Crippen LogP contribution in [0.15, 0.2) is 42.6 Å². The number of carbonyl (C=O) groups excluding carboxylic acids is 2. The van der Waals surface area contributed by atoms with Crippen LogP contribution in [-0.2, 0) is 17.9 Å². The molecule has 10 heteroatoms. The van der Waals surface area contributed by atoms with Gasteiger partial charge < -0.3 is 20.1 Å². The second-order valence-corrected chi connectivity index (χ2v) is 9.10. The molecule has 0 spiro atoms. The van der Waals surface area contributed by atoms with Crippen molar-refractivity contribution >= 4 is 22.7 Å². The number of pyridine rings is 2. The molecule has 0 fully saturated rings. The van der Waals surface area contributed by atoms with Gasteiger partial charge in [0.15, 0.2) is 0 Å². The molecule has 198 valence electrons. The topological polar surface area (TPSA) is 122 Å². The van der Waals surface area contributed by atoms with Crippen molar-refractivity contribution in [3.05, 3.63) is 65.1 Å². The third kappa shape index (κ3) is 5.74. The van der Waals surface area contributed by atoms with Gasteiger partial charge in [-0.2, -0.15) is 5.10 Å². The van der Waals surface area contributed by atoms with Crippen LogP contribution in [0.1, 0.15) is 41.2 Å². The molecule has 3 heterocycles. The number of ether oxygens (including phenoxy) is 1. The molecule has 0 saturated heterocycles. The zero-order valence-electron chi connectivity index (χ0n) is 22.3. The number of aromatic nitrogens is 4. The number of fused-ring (bicyclic) bond motifs is 1. The quantitative estimate of drug-likeness (QED) is 0.326. The molecule has 4 rings (SSSR count). The van der Waals surface area contributed by atoms with Gasteiger partial charge in [0, 0.05) is 43.7 Å². The zero-order chi connectivity index (χ0) is 27.4. The van der Waals surface area contributed by atoms with Crippen LogP contribution in [0.4, 0.5) is 0 Å². The van der Waals surface area contributed by atoms with Crippen LogP contribution in [-0.4, -0.2) is 61.8 Å². The minimum absolute atomic E-state index is 0.0542. The van der Waals surface area contributed by atoms with E-state index in [4.69, 9.17) is 9.72 Å². The van der Waals surface area contributed by atoms with Crippen LogP contribution in [0.3, 0.4) is 0 Å². The number of rotatable bonds is 9. The molecule has 0 saturated carbocycles. The van der Waals surface area contributed by atoms with Gasteiger partial charge in [0.2, 0.25) is 5.91 Å². The van der Waals surface area contributed by atoms with E-state index in [1.54, 1.807) is 54.5 Å². The molecule has 4 aromatic rings. The molecule has 1 aromatic carbocycles. The molecule has 0 bridgehead atoms. The standard InChI is InChI=1S/C28H32N6O4/c1-6-34-18(3)20(15-30-34)16-33(5)28(37)23-14-26(32-24-8-7-21(36)13-22(23)24)25-9-10-27(17(2)31-25)38-12-11-29-19(4)35/h7-10,13-15,36H,6,11-12,16H2,1-5H3,(H,29,35). The number of phenolic OH excluding ortho intramolecular Hbond substituents is 1. The van der Waals surface area contributed by atoms with Gasteiger partial charge in [-0.15, -0.1) is 0 Å². The minimum Gasteiger partial charge on any atom is -0.508 e. The van der Waals surface area contributed by atoms with Crippen molar-refractivity contribution in [3.8, 4) is 22.9 Å². The summed E-state index contributed by atoms with van der Waals surface area (Å²) in [5.74, 6) is 0.335. The van der Waals surface area contributed by atoms with Crippen molar-refractivity contribution < 1.29 is 19.4 Å². The summed E-state index contributed by atoms with van der Waals surface area (Å²) in [7, 11) is 1.75. The molecule has 0 aliphatic rings. The fourth-order valence-corrected chi connectivity index (χ4v) is 4.25. The highest BCUT2D eigenvalue weighted by Crippen LogP contribution is 2.29. The van der Waals surface area contributed by atoms with Crippen LogP contribution in [0.25, 0.3) is 22.3 Å². The first-order valence-corrected chi connectivity index (χ1v) is 12.4. The number of phenols is 1. The highest BCUT2D eigenvalue weighted by molar-refractivity contribution is 6.07. The van der Waals surface area contributed by atoms with Gasteiger partial charge in [-0.25, -0.2) is 9.97 Å². The van der Waals surface area contributed by atoms with Gasteiger partial charge in [0.05, 0.1) is 40.9 Å². The van der Waals surface area contributed by atoms with Gasteiger partial charge in [-0.3, -0.25) is 14.3 Å². The number of hydrogen-bond acceptors (Lipinski definition) is 7. The van der Waals surface area contributed by atoms with E-state index in [9.17, 15) is 14.7 Å². The normalized spacial score (nSPS) is 11.0. The first-order chi connectivity index (χ1) is 18.2. The molecule has 0 aliphatic heterocycles. The van der Waals surface area contributed by atoms with Gasteiger partial charge in [-0.1, -0.05) is 0 Å². The summed E-state index contributed by atoms with van der Waals surface area (Å²) in [6, 6.07) is 10.1. The maximum Gasteiger partial charge on any atom is 0.254 e. The van der Waals surface area contributed by atoms with Gasteiger partial charge in [-0.05, 0) is 57.2 Å². The van der Waals surface area contributed by atoms with Crippen LogP contribution in [0.5, 0.6) is 11.5 Å². The van der Waals surface area contributed by atoms with Crippen LogP contribution in [0, 0.1) is 13.8 Å². The van der Waals surface area contributed by atoms with E-state index >= 15 is 0 Å². The summed E-state index contributed by atoms with van der Waals surface area (Å²) in [6.45, 7) is 9.16. The number of aryl methyl sites for hydroxylation is 2. The fourth-order valence-electron chi connectivity index (χ4n) is 4.25. The predicted octanol–water partition coefficient (Wildman–Crippen LogP) is 3.62. The maximum absolute atomic E-state index is 13.7. The third-order valence-electron chi connectivity index (χ3n) is 6.31. The third-order valence-corrected chi connectivity index (χ3v) is 6.31. The Bertz CT molecular complexity index is 1500. The number of amides is 2. The zero-order valence-corrected chi connectivity index (χ0v) is 22.3. The average molecular weight is 517 g/mol. The summed E-state index contributed by atoms with van der Waals surface area (Å²) < 4.78 is 7.63. The Morgan fingerprint density at radius 3 is 2.58 bits per heavy atom. The number of benzene rings is 1. The van der Waals surface area contributed by atoms with Crippen molar-refractivity contribution in [1.82, 2.24) is 30.0 Å². The van der Waals surface area contributed by atoms with Crippen molar-refractivity contribution in [2.24, 2.45) is 0 Å². The van der Waals surface area contributed by atoms with Gasteiger partial charge >= 0.3 is 0 Å². The predicted molar refractivity (Wildman–Crippen MR) is 144 cm³/mol. The summed E-state index contributed by atoms with van der Waals surface area (Å²) in [5.41, 5.74) is 4.75. The highest BCUT2D eigenvalue weighted by Gasteiger charge is 2.20. The molecule has 38 heavy (non-hydrogen) atoms. The lowest BCUT2D eigenvalue weighted by molar-refractivity contribution is -0.119. The first kappa shape index (κ1) is 26.6. The Hall–Kier alpha value is -4.47.